The van der Waals surface area contributed by atoms with E-state index in [0.717, 1.165) is 30.4 Å². The molecule has 1 aliphatic carbocycles. The Morgan fingerprint density at radius 2 is 1.90 bits per heavy atom. The van der Waals surface area contributed by atoms with Crippen molar-refractivity contribution in [1.29, 1.82) is 0 Å². The highest BCUT2D eigenvalue weighted by atomic mass is 32.2. The maximum atomic E-state index is 12.7. The first-order chi connectivity index (χ1) is 10.1. The summed E-state index contributed by atoms with van der Waals surface area (Å²) in [5.41, 5.74) is 1.55. The predicted molar refractivity (Wildman–Crippen MR) is 79.1 cm³/mol. The van der Waals surface area contributed by atoms with Gasteiger partial charge in [-0.05, 0) is 30.4 Å². The zero-order valence-corrected chi connectivity index (χ0v) is 12.8. The van der Waals surface area contributed by atoms with E-state index in [1.807, 2.05) is 0 Å². The molecule has 1 aliphatic heterocycles. The summed E-state index contributed by atoms with van der Waals surface area (Å²) in [4.78, 5) is 0. The van der Waals surface area contributed by atoms with Gasteiger partial charge in [-0.25, -0.2) is 8.42 Å². The molecule has 1 saturated carbocycles. The van der Waals surface area contributed by atoms with Gasteiger partial charge < -0.3 is 9.84 Å². The summed E-state index contributed by atoms with van der Waals surface area (Å²) in [5.74, 6) is 0.0158. The zero-order valence-electron chi connectivity index (χ0n) is 11.9. The average molecular weight is 311 g/mol. The Hall–Kier alpha value is -0.950. The molecule has 6 heteroatoms. The van der Waals surface area contributed by atoms with Crippen LogP contribution < -0.4 is 0 Å². The monoisotopic (exact) mass is 311 g/mol. The van der Waals surface area contributed by atoms with Crippen molar-refractivity contribution in [1.82, 2.24) is 4.31 Å². The molecule has 1 aromatic carbocycles. The van der Waals surface area contributed by atoms with Gasteiger partial charge >= 0.3 is 0 Å². The number of morpholine rings is 1. The largest absolute Gasteiger partial charge is 0.392 e. The van der Waals surface area contributed by atoms with E-state index in [1.165, 1.54) is 0 Å². The number of rotatable bonds is 4. The first-order valence-electron chi connectivity index (χ1n) is 7.40. The minimum Gasteiger partial charge on any atom is -0.392 e. The molecule has 0 radical (unpaired) electrons. The van der Waals surface area contributed by atoms with Gasteiger partial charge in [-0.1, -0.05) is 24.3 Å². The third kappa shape index (κ3) is 3.13. The van der Waals surface area contributed by atoms with E-state index in [1.54, 1.807) is 28.6 Å². The van der Waals surface area contributed by atoms with Crippen LogP contribution in [0.4, 0.5) is 0 Å². The Morgan fingerprint density at radius 1 is 1.19 bits per heavy atom. The second kappa shape index (κ2) is 6.04. The summed E-state index contributed by atoms with van der Waals surface area (Å²) in [5, 5.41) is 9.03. The van der Waals surface area contributed by atoms with Crippen LogP contribution in [0, 0.1) is 0 Å². The SMILES string of the molecule is O=S(=O)(Cc1ccc(CO)cc1)N1CCOC2CCCC21. The zero-order chi connectivity index (χ0) is 14.9. The fourth-order valence-electron chi connectivity index (χ4n) is 3.27. The van der Waals surface area contributed by atoms with Crippen LogP contribution in [0.1, 0.15) is 30.4 Å². The number of hydrogen-bond acceptors (Lipinski definition) is 4. The highest BCUT2D eigenvalue weighted by molar-refractivity contribution is 7.88. The van der Waals surface area contributed by atoms with Crippen molar-refractivity contribution >= 4 is 10.0 Å². The maximum Gasteiger partial charge on any atom is 0.218 e. The van der Waals surface area contributed by atoms with Crippen molar-refractivity contribution in [3.8, 4) is 0 Å². The van der Waals surface area contributed by atoms with E-state index in [-0.39, 0.29) is 24.5 Å². The van der Waals surface area contributed by atoms with E-state index in [4.69, 9.17) is 9.84 Å². The maximum absolute atomic E-state index is 12.7. The Labute approximate surface area is 125 Å². The van der Waals surface area contributed by atoms with Crippen molar-refractivity contribution in [2.24, 2.45) is 0 Å². The summed E-state index contributed by atoms with van der Waals surface area (Å²) in [6.07, 6.45) is 2.96. The third-order valence-corrected chi connectivity index (χ3v) is 6.21. The Bertz CT molecular complexity index is 584. The molecule has 0 spiro atoms. The van der Waals surface area contributed by atoms with Crippen molar-refractivity contribution in [3.05, 3.63) is 35.4 Å². The molecule has 1 N–H and O–H groups in total. The highest BCUT2D eigenvalue weighted by Gasteiger charge is 2.41. The first kappa shape index (κ1) is 15.0. The normalized spacial score (nSPS) is 26.7. The van der Waals surface area contributed by atoms with Crippen LogP contribution in [0.3, 0.4) is 0 Å². The molecular formula is C15H21NO4S. The van der Waals surface area contributed by atoms with Gasteiger partial charge in [0.25, 0.3) is 0 Å². The molecule has 1 saturated heterocycles. The summed E-state index contributed by atoms with van der Waals surface area (Å²) in [6.45, 7) is 0.919. The summed E-state index contributed by atoms with van der Waals surface area (Å²) < 4.78 is 32.7. The number of aliphatic hydroxyl groups is 1. The number of ether oxygens (including phenoxy) is 1. The molecule has 5 nitrogen and oxygen atoms in total. The Kier molecular flexibility index (Phi) is 4.31. The molecule has 0 amide bonds. The van der Waals surface area contributed by atoms with Gasteiger partial charge in [0.2, 0.25) is 10.0 Å². The molecule has 2 fully saturated rings. The third-order valence-electron chi connectivity index (χ3n) is 4.34. The first-order valence-corrected chi connectivity index (χ1v) is 9.01. The lowest BCUT2D eigenvalue weighted by Gasteiger charge is -2.36. The molecule has 116 valence electrons. The van der Waals surface area contributed by atoms with Gasteiger partial charge in [0, 0.05) is 6.54 Å². The van der Waals surface area contributed by atoms with Gasteiger partial charge in [-0.3, -0.25) is 0 Å². The van der Waals surface area contributed by atoms with Crippen LogP contribution in [0.2, 0.25) is 0 Å². The van der Waals surface area contributed by atoms with E-state index < -0.39 is 10.0 Å². The van der Waals surface area contributed by atoms with Crippen LogP contribution >= 0.6 is 0 Å². The molecule has 1 heterocycles. The highest BCUT2D eigenvalue weighted by Crippen LogP contribution is 2.32. The van der Waals surface area contributed by atoms with Crippen LogP contribution in [0.5, 0.6) is 0 Å². The summed E-state index contributed by atoms with van der Waals surface area (Å²) in [6, 6.07) is 7.09. The lowest BCUT2D eigenvalue weighted by Crippen LogP contribution is -2.51. The second-order valence-corrected chi connectivity index (χ2v) is 7.67. The van der Waals surface area contributed by atoms with E-state index >= 15 is 0 Å². The van der Waals surface area contributed by atoms with Crippen molar-refractivity contribution in [2.45, 2.75) is 43.8 Å². The fraction of sp³-hybridized carbons (Fsp3) is 0.600. The van der Waals surface area contributed by atoms with Crippen LogP contribution in [0.15, 0.2) is 24.3 Å². The summed E-state index contributed by atoms with van der Waals surface area (Å²) >= 11 is 0. The molecule has 3 rings (SSSR count). The topological polar surface area (TPSA) is 66.8 Å². The number of hydrogen-bond donors (Lipinski definition) is 1. The quantitative estimate of drug-likeness (QED) is 0.909. The Balaban J connectivity index is 1.76. The summed E-state index contributed by atoms with van der Waals surface area (Å²) in [7, 11) is -3.32. The van der Waals surface area contributed by atoms with Crippen molar-refractivity contribution in [2.75, 3.05) is 13.2 Å². The minimum atomic E-state index is -3.32. The van der Waals surface area contributed by atoms with Crippen LogP contribution in [0.25, 0.3) is 0 Å². The number of aliphatic hydroxyl groups excluding tert-OH is 1. The van der Waals surface area contributed by atoms with Crippen LogP contribution in [-0.4, -0.2) is 43.1 Å². The number of nitrogens with zero attached hydrogens (tertiary/aromatic N) is 1. The molecule has 21 heavy (non-hydrogen) atoms. The number of sulfonamides is 1. The number of fused-ring (bicyclic) bond motifs is 1. The lowest BCUT2D eigenvalue weighted by atomic mass is 10.2. The van der Waals surface area contributed by atoms with Gasteiger partial charge in [-0.15, -0.1) is 0 Å². The standard InChI is InChI=1S/C15H21NO4S/c17-10-12-4-6-13(7-5-12)11-21(18,19)16-8-9-20-15-3-1-2-14(15)16/h4-7,14-15,17H,1-3,8-11H2. The smallest absolute Gasteiger partial charge is 0.218 e. The lowest BCUT2D eigenvalue weighted by molar-refractivity contribution is -0.0242. The van der Waals surface area contributed by atoms with E-state index in [2.05, 4.69) is 0 Å². The molecule has 2 aliphatic rings. The predicted octanol–water partition coefficient (Wildman–Crippen LogP) is 1.26. The molecule has 2 atom stereocenters. The molecule has 1 aromatic rings. The van der Waals surface area contributed by atoms with Gasteiger partial charge in [0.15, 0.2) is 0 Å². The minimum absolute atomic E-state index is 0.0143. The Morgan fingerprint density at radius 3 is 2.62 bits per heavy atom. The van der Waals surface area contributed by atoms with Crippen LogP contribution in [-0.2, 0) is 27.1 Å². The van der Waals surface area contributed by atoms with E-state index in [9.17, 15) is 8.42 Å². The molecule has 0 bridgehead atoms. The second-order valence-electron chi connectivity index (χ2n) is 5.75. The van der Waals surface area contributed by atoms with Gasteiger partial charge in [-0.2, -0.15) is 4.31 Å². The fourth-order valence-corrected chi connectivity index (χ4v) is 5.06. The molecular weight excluding hydrogens is 290 g/mol. The molecule has 2 unspecified atom stereocenters. The van der Waals surface area contributed by atoms with Gasteiger partial charge in [0.1, 0.15) is 0 Å². The van der Waals surface area contributed by atoms with Crippen molar-refractivity contribution in [3.63, 3.8) is 0 Å². The number of benzene rings is 1. The average Bonchev–Trinajstić information content (AvgIpc) is 2.95. The molecule has 0 aromatic heterocycles. The van der Waals surface area contributed by atoms with Gasteiger partial charge in [0.05, 0.1) is 31.1 Å². The van der Waals surface area contributed by atoms with Crippen molar-refractivity contribution < 1.29 is 18.3 Å². The van der Waals surface area contributed by atoms with E-state index in [0.29, 0.717) is 13.2 Å².